The molecule has 0 amide bonds. The number of benzene rings is 3. The smallest absolute Gasteiger partial charge is 0.161 e. The van der Waals surface area contributed by atoms with Gasteiger partial charge in [-0.05, 0) is 46.0 Å². The van der Waals surface area contributed by atoms with Crippen LogP contribution in [0.3, 0.4) is 0 Å². The van der Waals surface area contributed by atoms with Crippen LogP contribution in [-0.2, 0) is 0 Å². The molecule has 1 aliphatic rings. The number of fused-ring (bicyclic) bond motifs is 3. The van der Waals surface area contributed by atoms with Gasteiger partial charge in [0, 0.05) is 5.54 Å². The van der Waals surface area contributed by atoms with Crippen LogP contribution in [0.2, 0.25) is 13.1 Å². The predicted molar refractivity (Wildman–Crippen MR) is 109 cm³/mol. The highest BCUT2D eigenvalue weighted by atomic mass is 35.6. The molecular weight excluding hydrogens is 328 g/mol. The third kappa shape index (κ3) is 2.53. The maximum atomic E-state index is 6.84. The molecule has 0 aliphatic heterocycles. The molecule has 1 unspecified atom stereocenters. The van der Waals surface area contributed by atoms with Gasteiger partial charge in [-0.1, -0.05) is 79.3 Å². The van der Waals surface area contributed by atoms with Gasteiger partial charge >= 0.3 is 0 Å². The Kier molecular flexibility index (Phi) is 3.67. The maximum absolute atomic E-state index is 6.84. The van der Waals surface area contributed by atoms with E-state index in [1.54, 1.807) is 0 Å². The molecule has 1 aliphatic carbocycles. The van der Waals surface area contributed by atoms with Crippen molar-refractivity contribution in [1.82, 2.24) is 0 Å². The molecule has 0 saturated carbocycles. The highest BCUT2D eigenvalue weighted by molar-refractivity contribution is 7.20. The van der Waals surface area contributed by atoms with Gasteiger partial charge in [0.25, 0.3) is 0 Å². The van der Waals surface area contributed by atoms with E-state index in [9.17, 15) is 0 Å². The first kappa shape index (κ1) is 15.7. The molecule has 4 rings (SSSR count). The molecule has 0 spiro atoms. The van der Waals surface area contributed by atoms with Crippen molar-refractivity contribution < 1.29 is 0 Å². The Morgan fingerprint density at radius 2 is 1.58 bits per heavy atom. The normalized spacial score (nSPS) is 17.0. The fourth-order valence-electron chi connectivity index (χ4n) is 4.05. The monoisotopic (exact) mass is 348 g/mol. The fourth-order valence-corrected chi connectivity index (χ4v) is 7.08. The number of halogens is 1. The average molecular weight is 349 g/mol. The molecule has 0 saturated heterocycles. The van der Waals surface area contributed by atoms with Gasteiger partial charge < -0.3 is 0 Å². The van der Waals surface area contributed by atoms with E-state index in [2.05, 4.69) is 86.8 Å². The van der Waals surface area contributed by atoms with Crippen molar-refractivity contribution >= 4 is 35.3 Å². The van der Waals surface area contributed by atoms with E-state index < -0.39 is 7.38 Å². The van der Waals surface area contributed by atoms with Crippen LogP contribution in [0.4, 0.5) is 0 Å². The summed E-state index contributed by atoms with van der Waals surface area (Å²) in [7, 11) is -1.80. The van der Waals surface area contributed by atoms with Crippen molar-refractivity contribution in [1.29, 1.82) is 0 Å². The summed E-state index contributed by atoms with van der Waals surface area (Å²) < 4.78 is 0. The highest BCUT2D eigenvalue weighted by Gasteiger charge is 2.37. The second-order valence-electron chi connectivity index (χ2n) is 7.26. The van der Waals surface area contributed by atoms with Crippen LogP contribution in [0, 0.1) is 0 Å². The van der Waals surface area contributed by atoms with Crippen LogP contribution in [0.1, 0.15) is 23.6 Å². The molecule has 2 heteroatoms. The van der Waals surface area contributed by atoms with Crippen molar-refractivity contribution in [2.75, 3.05) is 0 Å². The molecule has 24 heavy (non-hydrogen) atoms. The summed E-state index contributed by atoms with van der Waals surface area (Å²) in [6.07, 6.45) is 2.36. The summed E-state index contributed by atoms with van der Waals surface area (Å²) in [4.78, 5) is 0. The molecule has 1 atom stereocenters. The first-order chi connectivity index (χ1) is 11.4. The maximum Gasteiger partial charge on any atom is 0.161 e. The van der Waals surface area contributed by atoms with Gasteiger partial charge in [-0.2, -0.15) is 11.1 Å². The standard InChI is InChI=1S/C22H21ClSi/c1-15-13-21-19(22(15)24(2,3)23)12-11-17-9-10-18(14-20(17)21)16-7-5-4-6-8-16/h4-14,22H,1-3H3. The van der Waals surface area contributed by atoms with E-state index in [0.717, 1.165) is 0 Å². The summed E-state index contributed by atoms with van der Waals surface area (Å²) >= 11 is 6.84. The Hall–Kier alpha value is -1.83. The Labute approximate surface area is 149 Å². The lowest BCUT2D eigenvalue weighted by Gasteiger charge is -2.25. The second kappa shape index (κ2) is 5.61. The Balaban J connectivity index is 1.94. The van der Waals surface area contributed by atoms with E-state index in [-0.39, 0.29) is 0 Å². The fraction of sp³-hybridized carbons (Fsp3) is 0.182. The number of allylic oxidation sites excluding steroid dienone is 1. The van der Waals surface area contributed by atoms with Crippen LogP contribution in [0.5, 0.6) is 0 Å². The van der Waals surface area contributed by atoms with Crippen LogP contribution >= 0.6 is 11.1 Å². The Morgan fingerprint density at radius 3 is 2.29 bits per heavy atom. The van der Waals surface area contributed by atoms with Gasteiger partial charge in [-0.3, -0.25) is 0 Å². The van der Waals surface area contributed by atoms with Gasteiger partial charge in [0.1, 0.15) is 0 Å². The number of rotatable bonds is 2. The van der Waals surface area contributed by atoms with Crippen LogP contribution in [0.25, 0.3) is 28.0 Å². The lowest BCUT2D eigenvalue weighted by molar-refractivity contribution is 1.10. The molecule has 0 N–H and O–H groups in total. The first-order valence-electron chi connectivity index (χ1n) is 8.44. The van der Waals surface area contributed by atoms with Crippen LogP contribution in [-0.4, -0.2) is 7.38 Å². The molecule has 0 heterocycles. The Bertz CT molecular complexity index is 949. The van der Waals surface area contributed by atoms with Crippen molar-refractivity contribution in [3.8, 4) is 11.1 Å². The molecule has 120 valence electrons. The first-order valence-corrected chi connectivity index (χ1v) is 12.5. The zero-order valence-corrected chi connectivity index (χ0v) is 16.1. The minimum absolute atomic E-state index is 0.416. The lowest BCUT2D eigenvalue weighted by Crippen LogP contribution is -2.28. The molecule has 0 bridgehead atoms. The van der Waals surface area contributed by atoms with Crippen molar-refractivity contribution in [3.05, 3.63) is 77.4 Å². The molecule has 3 aromatic rings. The second-order valence-corrected chi connectivity index (χ2v) is 13.9. The molecule has 3 aromatic carbocycles. The highest BCUT2D eigenvalue weighted by Crippen LogP contribution is 2.46. The summed E-state index contributed by atoms with van der Waals surface area (Å²) in [5.41, 5.74) is 7.15. The molecular formula is C22H21ClSi. The van der Waals surface area contributed by atoms with Crippen molar-refractivity contribution in [2.45, 2.75) is 25.6 Å². The third-order valence-electron chi connectivity index (χ3n) is 5.03. The minimum atomic E-state index is -1.80. The summed E-state index contributed by atoms with van der Waals surface area (Å²) in [6.45, 7) is 6.72. The third-order valence-corrected chi connectivity index (χ3v) is 7.82. The van der Waals surface area contributed by atoms with Gasteiger partial charge in [-0.15, -0.1) is 0 Å². The van der Waals surface area contributed by atoms with Crippen LogP contribution < -0.4 is 0 Å². The van der Waals surface area contributed by atoms with E-state index >= 15 is 0 Å². The predicted octanol–water partition coefficient (Wildman–Crippen LogP) is 6.99. The van der Waals surface area contributed by atoms with Crippen molar-refractivity contribution in [3.63, 3.8) is 0 Å². The zero-order chi connectivity index (χ0) is 16.9. The molecule has 0 aromatic heterocycles. The topological polar surface area (TPSA) is 0 Å². The van der Waals surface area contributed by atoms with E-state index in [1.165, 1.54) is 38.6 Å². The average Bonchev–Trinajstić information content (AvgIpc) is 2.91. The molecule has 0 nitrogen and oxygen atoms in total. The van der Waals surface area contributed by atoms with Gasteiger partial charge in [0.05, 0.1) is 0 Å². The molecule has 0 fully saturated rings. The number of hydrogen-bond acceptors (Lipinski definition) is 0. The van der Waals surface area contributed by atoms with E-state index in [4.69, 9.17) is 11.1 Å². The zero-order valence-electron chi connectivity index (χ0n) is 14.3. The molecule has 0 radical (unpaired) electrons. The largest absolute Gasteiger partial charge is 0.167 e. The van der Waals surface area contributed by atoms with Gasteiger partial charge in [-0.25, -0.2) is 0 Å². The number of hydrogen-bond donors (Lipinski definition) is 0. The Morgan fingerprint density at radius 1 is 0.875 bits per heavy atom. The van der Waals surface area contributed by atoms with E-state index in [1.807, 2.05) is 0 Å². The van der Waals surface area contributed by atoms with Crippen molar-refractivity contribution in [2.24, 2.45) is 0 Å². The summed E-state index contributed by atoms with van der Waals surface area (Å²) in [5, 5.41) is 2.64. The van der Waals surface area contributed by atoms with Gasteiger partial charge in [0.2, 0.25) is 0 Å². The quantitative estimate of drug-likeness (QED) is 0.346. The minimum Gasteiger partial charge on any atom is -0.167 e. The van der Waals surface area contributed by atoms with Crippen LogP contribution in [0.15, 0.2) is 66.2 Å². The van der Waals surface area contributed by atoms with E-state index in [0.29, 0.717) is 5.54 Å². The summed E-state index contributed by atoms with van der Waals surface area (Å²) in [5.74, 6) is 0. The SMILES string of the molecule is CC1=Cc2c(ccc3ccc(-c4ccccc4)cc23)C1[Si](C)(C)Cl. The summed E-state index contributed by atoms with van der Waals surface area (Å²) in [6, 6.07) is 21.9. The lowest BCUT2D eigenvalue weighted by atomic mass is 9.96. The van der Waals surface area contributed by atoms with Gasteiger partial charge in [0.15, 0.2) is 7.38 Å².